The number of hydrogen-bond donors (Lipinski definition) is 2. The second-order valence-corrected chi connectivity index (χ2v) is 9.07. The van der Waals surface area contributed by atoms with E-state index in [1.807, 2.05) is 0 Å². The minimum absolute atomic E-state index is 0.0179. The van der Waals surface area contributed by atoms with Crippen molar-refractivity contribution in [2.75, 3.05) is 5.32 Å². The van der Waals surface area contributed by atoms with E-state index in [9.17, 15) is 22.4 Å². The lowest BCUT2D eigenvalue weighted by molar-refractivity contribution is 0.100. The second-order valence-electron chi connectivity index (χ2n) is 5.88. The van der Waals surface area contributed by atoms with Crippen molar-refractivity contribution in [2.45, 2.75) is 16.0 Å². The fraction of sp³-hybridized carbons (Fsp3) is 0.0526. The molecule has 3 rings (SSSR count). The molecule has 0 aliphatic heterocycles. The first-order chi connectivity index (χ1) is 13.2. The number of primary amides is 1. The SMILES string of the molecule is Cc1ccccc1C(=O)Nc1sc(S(=O)(=O)c2ccccc2F)cc1C(N)=O. The number of nitrogens with two attached hydrogens (primary N) is 1. The molecule has 0 aliphatic rings. The zero-order chi connectivity index (χ0) is 20.5. The molecule has 3 aromatic rings. The van der Waals surface area contributed by atoms with Crippen molar-refractivity contribution in [1.29, 1.82) is 0 Å². The van der Waals surface area contributed by atoms with Gasteiger partial charge in [-0.1, -0.05) is 30.3 Å². The summed E-state index contributed by atoms with van der Waals surface area (Å²) < 4.78 is 39.2. The molecule has 0 saturated heterocycles. The quantitative estimate of drug-likeness (QED) is 0.662. The molecule has 0 saturated carbocycles. The maximum absolute atomic E-state index is 14.0. The molecule has 6 nitrogen and oxygen atoms in total. The Bertz CT molecular complexity index is 1190. The molecule has 0 spiro atoms. The number of anilines is 1. The first kappa shape index (κ1) is 19.7. The van der Waals surface area contributed by atoms with E-state index in [2.05, 4.69) is 5.32 Å². The highest BCUT2D eigenvalue weighted by molar-refractivity contribution is 7.93. The van der Waals surface area contributed by atoms with Crippen LogP contribution in [0, 0.1) is 12.7 Å². The Morgan fingerprint density at radius 1 is 1.04 bits per heavy atom. The van der Waals surface area contributed by atoms with Gasteiger partial charge in [0.15, 0.2) is 0 Å². The number of thiophene rings is 1. The number of carbonyl (C=O) groups is 2. The van der Waals surface area contributed by atoms with Crippen molar-refractivity contribution in [2.24, 2.45) is 5.73 Å². The van der Waals surface area contributed by atoms with Crippen molar-refractivity contribution in [1.82, 2.24) is 0 Å². The number of nitrogens with one attached hydrogen (secondary N) is 1. The highest BCUT2D eigenvalue weighted by Crippen LogP contribution is 2.35. The number of amides is 2. The van der Waals surface area contributed by atoms with Gasteiger partial charge in [-0.3, -0.25) is 9.59 Å². The van der Waals surface area contributed by atoms with Crippen LogP contribution in [0.25, 0.3) is 0 Å². The van der Waals surface area contributed by atoms with Crippen molar-refractivity contribution >= 4 is 38.0 Å². The lowest BCUT2D eigenvalue weighted by Gasteiger charge is -2.07. The van der Waals surface area contributed by atoms with Crippen LogP contribution in [-0.4, -0.2) is 20.2 Å². The zero-order valence-electron chi connectivity index (χ0n) is 14.6. The number of carbonyl (C=O) groups excluding carboxylic acids is 2. The number of hydrogen-bond acceptors (Lipinski definition) is 5. The minimum atomic E-state index is -4.23. The maximum atomic E-state index is 14.0. The van der Waals surface area contributed by atoms with Gasteiger partial charge in [0.1, 0.15) is 19.9 Å². The summed E-state index contributed by atoms with van der Waals surface area (Å²) >= 11 is 0.640. The van der Waals surface area contributed by atoms with Crippen LogP contribution in [0.5, 0.6) is 0 Å². The van der Waals surface area contributed by atoms with Gasteiger partial charge in [-0.15, -0.1) is 11.3 Å². The Hall–Kier alpha value is -3.04. The van der Waals surface area contributed by atoms with Crippen LogP contribution in [0.1, 0.15) is 26.3 Å². The van der Waals surface area contributed by atoms with Gasteiger partial charge in [0.05, 0.1) is 5.56 Å². The summed E-state index contributed by atoms with van der Waals surface area (Å²) in [6.07, 6.45) is 0. The highest BCUT2D eigenvalue weighted by Gasteiger charge is 2.27. The molecule has 0 radical (unpaired) electrons. The van der Waals surface area contributed by atoms with Gasteiger partial charge in [0.25, 0.3) is 11.8 Å². The summed E-state index contributed by atoms with van der Waals surface area (Å²) in [5.41, 5.74) is 6.24. The molecular formula is C19H15FN2O4S2. The average molecular weight is 418 g/mol. The summed E-state index contributed by atoms with van der Waals surface area (Å²) in [4.78, 5) is 23.8. The highest BCUT2D eigenvalue weighted by atomic mass is 32.2. The largest absolute Gasteiger partial charge is 0.366 e. The van der Waals surface area contributed by atoms with E-state index >= 15 is 0 Å². The smallest absolute Gasteiger partial charge is 0.256 e. The number of aryl methyl sites for hydroxylation is 1. The van der Waals surface area contributed by atoms with E-state index in [-0.39, 0.29) is 14.8 Å². The fourth-order valence-electron chi connectivity index (χ4n) is 2.55. The van der Waals surface area contributed by atoms with E-state index in [0.717, 1.165) is 18.2 Å². The van der Waals surface area contributed by atoms with Crippen molar-refractivity contribution in [3.63, 3.8) is 0 Å². The molecule has 1 heterocycles. The molecule has 1 aromatic heterocycles. The molecule has 2 aromatic carbocycles. The summed E-state index contributed by atoms with van der Waals surface area (Å²) in [7, 11) is -4.23. The van der Waals surface area contributed by atoms with E-state index in [1.54, 1.807) is 31.2 Å². The molecule has 0 unspecified atom stereocenters. The Morgan fingerprint density at radius 2 is 1.68 bits per heavy atom. The van der Waals surface area contributed by atoms with Crippen molar-refractivity contribution in [3.8, 4) is 0 Å². The monoisotopic (exact) mass is 418 g/mol. The Labute approximate surface area is 164 Å². The maximum Gasteiger partial charge on any atom is 0.256 e. The van der Waals surface area contributed by atoms with Gasteiger partial charge in [-0.05, 0) is 36.8 Å². The fourth-order valence-corrected chi connectivity index (χ4v) is 5.37. The number of sulfone groups is 1. The van der Waals surface area contributed by atoms with Gasteiger partial charge >= 0.3 is 0 Å². The normalized spacial score (nSPS) is 11.2. The first-order valence-electron chi connectivity index (χ1n) is 8.02. The van der Waals surface area contributed by atoms with Crippen LogP contribution >= 0.6 is 11.3 Å². The molecule has 9 heteroatoms. The van der Waals surface area contributed by atoms with Gasteiger partial charge in [0.2, 0.25) is 9.84 Å². The molecule has 2 amide bonds. The Kier molecular flexibility index (Phi) is 5.30. The molecule has 144 valence electrons. The van der Waals surface area contributed by atoms with Crippen LogP contribution in [0.3, 0.4) is 0 Å². The number of halogens is 1. The predicted molar refractivity (Wildman–Crippen MR) is 104 cm³/mol. The topological polar surface area (TPSA) is 106 Å². The van der Waals surface area contributed by atoms with Gasteiger partial charge in [0, 0.05) is 5.56 Å². The van der Waals surface area contributed by atoms with Crippen LogP contribution < -0.4 is 11.1 Å². The van der Waals surface area contributed by atoms with Crippen molar-refractivity contribution in [3.05, 3.63) is 77.1 Å². The van der Waals surface area contributed by atoms with E-state index < -0.39 is 32.4 Å². The zero-order valence-corrected chi connectivity index (χ0v) is 16.2. The summed E-state index contributed by atoms with van der Waals surface area (Å²) in [5.74, 6) is -2.34. The Morgan fingerprint density at radius 3 is 2.32 bits per heavy atom. The molecular weight excluding hydrogens is 403 g/mol. The third-order valence-corrected chi connectivity index (χ3v) is 7.29. The van der Waals surface area contributed by atoms with Gasteiger partial charge in [-0.25, -0.2) is 12.8 Å². The molecule has 0 bridgehead atoms. The van der Waals surface area contributed by atoms with E-state index in [1.165, 1.54) is 12.1 Å². The van der Waals surface area contributed by atoms with Crippen LogP contribution in [0.4, 0.5) is 9.39 Å². The number of rotatable bonds is 5. The first-order valence-corrected chi connectivity index (χ1v) is 10.3. The van der Waals surface area contributed by atoms with Crippen LogP contribution in [-0.2, 0) is 9.84 Å². The summed E-state index contributed by atoms with van der Waals surface area (Å²) in [6.45, 7) is 1.74. The van der Waals surface area contributed by atoms with Crippen molar-refractivity contribution < 1.29 is 22.4 Å². The lowest BCUT2D eigenvalue weighted by atomic mass is 10.1. The lowest BCUT2D eigenvalue weighted by Crippen LogP contribution is -2.17. The van der Waals surface area contributed by atoms with E-state index in [4.69, 9.17) is 5.73 Å². The third-order valence-electron chi connectivity index (χ3n) is 3.98. The summed E-state index contributed by atoms with van der Waals surface area (Å²) in [6, 6.07) is 12.7. The number of benzene rings is 2. The molecule has 28 heavy (non-hydrogen) atoms. The summed E-state index contributed by atoms with van der Waals surface area (Å²) in [5, 5.41) is 2.51. The minimum Gasteiger partial charge on any atom is -0.366 e. The molecule has 0 aliphatic carbocycles. The van der Waals surface area contributed by atoms with E-state index in [0.29, 0.717) is 22.5 Å². The van der Waals surface area contributed by atoms with Gasteiger partial charge < -0.3 is 11.1 Å². The van der Waals surface area contributed by atoms with Gasteiger partial charge in [-0.2, -0.15) is 0 Å². The predicted octanol–water partition coefficient (Wildman–Crippen LogP) is 3.38. The molecule has 0 fully saturated rings. The average Bonchev–Trinajstić information content (AvgIpc) is 3.07. The second kappa shape index (κ2) is 7.53. The molecule has 0 atom stereocenters. The standard InChI is InChI=1S/C19H15FN2O4S2/c1-11-6-2-3-7-12(11)18(24)22-19-13(17(21)23)10-16(27-19)28(25,26)15-9-5-4-8-14(15)20/h2-10H,1H3,(H2,21,23)(H,22,24). The Balaban J connectivity index is 2.04. The van der Waals surface area contributed by atoms with Crippen LogP contribution in [0.2, 0.25) is 0 Å². The molecule has 3 N–H and O–H groups in total. The third kappa shape index (κ3) is 3.67. The van der Waals surface area contributed by atoms with Crippen LogP contribution in [0.15, 0.2) is 63.7 Å².